The summed E-state index contributed by atoms with van der Waals surface area (Å²) >= 11 is 0. The number of likely N-dealkylation sites (N-methyl/N-ethyl adjacent to an activating group) is 1. The highest BCUT2D eigenvalue weighted by Gasteiger charge is 2.54. The van der Waals surface area contributed by atoms with E-state index in [1.54, 1.807) is 11.8 Å². The molecule has 3 aliphatic rings. The quantitative estimate of drug-likeness (QED) is 0.543. The molecular formula is C23H30N8O2. The highest BCUT2D eigenvalue weighted by atomic mass is 16.6. The van der Waals surface area contributed by atoms with E-state index < -0.39 is 0 Å². The summed E-state index contributed by atoms with van der Waals surface area (Å²) in [5, 5.41) is 0. The molecule has 10 heteroatoms. The molecule has 10 nitrogen and oxygen atoms in total. The number of carbonyl (C=O) groups excluding carboxylic acids is 1. The number of fused-ring (bicyclic) bond motifs is 2. The van der Waals surface area contributed by atoms with E-state index in [4.69, 9.17) is 15.5 Å². The third-order valence-electron chi connectivity index (χ3n) is 6.36. The van der Waals surface area contributed by atoms with Gasteiger partial charge >= 0.3 is 0 Å². The van der Waals surface area contributed by atoms with E-state index in [0.717, 1.165) is 36.7 Å². The average Bonchev–Trinajstić information content (AvgIpc) is 3.48. The molecule has 3 atom stereocenters. The molecule has 2 fully saturated rings. The Morgan fingerprint density at radius 2 is 1.97 bits per heavy atom. The van der Waals surface area contributed by atoms with E-state index in [0.29, 0.717) is 30.4 Å². The molecule has 2 saturated heterocycles. The molecule has 0 aliphatic carbocycles. The fourth-order valence-electron chi connectivity index (χ4n) is 4.79. The molecule has 0 spiro atoms. The number of ether oxygens (including phenoxy) is 1. The number of aryl methyl sites for hydroxylation is 2. The van der Waals surface area contributed by atoms with Crippen LogP contribution in [0.4, 0.5) is 11.8 Å². The number of aromatic nitrogens is 4. The number of carbonyl (C=O) groups is 1. The molecule has 3 aliphatic heterocycles. The van der Waals surface area contributed by atoms with Gasteiger partial charge in [-0.15, -0.1) is 5.92 Å². The molecule has 2 aromatic heterocycles. The van der Waals surface area contributed by atoms with Gasteiger partial charge in [-0.05, 0) is 39.7 Å². The van der Waals surface area contributed by atoms with Crippen molar-refractivity contribution in [2.45, 2.75) is 65.2 Å². The number of anilines is 2. The molecule has 1 amide bonds. The number of imidazole rings is 1. The number of rotatable bonds is 4. The van der Waals surface area contributed by atoms with Crippen LogP contribution in [0, 0.1) is 25.7 Å². The van der Waals surface area contributed by atoms with Gasteiger partial charge in [-0.1, -0.05) is 5.92 Å². The predicted molar refractivity (Wildman–Crippen MR) is 124 cm³/mol. The van der Waals surface area contributed by atoms with Crippen molar-refractivity contribution in [1.82, 2.24) is 24.4 Å². The number of nitrogens with zero attached hydrogens (tertiary/aromatic N) is 7. The van der Waals surface area contributed by atoms with Crippen LogP contribution in [0.2, 0.25) is 0 Å². The van der Waals surface area contributed by atoms with Crippen LogP contribution in [-0.2, 0) is 17.8 Å². The molecular weight excluding hydrogens is 420 g/mol. The van der Waals surface area contributed by atoms with E-state index in [1.165, 1.54) is 0 Å². The van der Waals surface area contributed by atoms with Crippen LogP contribution in [0.1, 0.15) is 47.5 Å². The van der Waals surface area contributed by atoms with Gasteiger partial charge in [-0.25, -0.2) is 9.97 Å². The molecule has 0 radical (unpaired) electrons. The molecule has 2 N–H and O–H groups in total. The zero-order chi connectivity index (χ0) is 23.3. The summed E-state index contributed by atoms with van der Waals surface area (Å²) in [4.78, 5) is 33.8. The van der Waals surface area contributed by atoms with Crippen LogP contribution in [-0.4, -0.2) is 69.0 Å². The predicted octanol–water partition coefficient (Wildman–Crippen LogP) is 1.02. The second kappa shape index (κ2) is 8.32. The van der Waals surface area contributed by atoms with Gasteiger partial charge in [0.25, 0.3) is 5.91 Å². The number of hydrogen-bond donors (Lipinski definition) is 1. The van der Waals surface area contributed by atoms with Crippen molar-refractivity contribution in [2.24, 2.45) is 5.73 Å². The summed E-state index contributed by atoms with van der Waals surface area (Å²) in [6.07, 6.45) is 1.37. The normalized spacial score (nSPS) is 24.1. The van der Waals surface area contributed by atoms with E-state index >= 15 is 0 Å². The zero-order valence-electron chi connectivity index (χ0n) is 19.6. The van der Waals surface area contributed by atoms with Crippen molar-refractivity contribution < 1.29 is 9.53 Å². The Balaban J connectivity index is 1.57. The van der Waals surface area contributed by atoms with E-state index in [1.807, 2.05) is 36.4 Å². The van der Waals surface area contributed by atoms with Crippen LogP contribution in [0.25, 0.3) is 0 Å². The van der Waals surface area contributed by atoms with Crippen molar-refractivity contribution in [1.29, 1.82) is 0 Å². The average molecular weight is 451 g/mol. The van der Waals surface area contributed by atoms with Gasteiger partial charge in [0, 0.05) is 37.6 Å². The van der Waals surface area contributed by atoms with Gasteiger partial charge in [0.2, 0.25) is 5.95 Å². The van der Waals surface area contributed by atoms with Crippen molar-refractivity contribution in [3.63, 3.8) is 0 Å². The molecule has 0 saturated carbocycles. The highest BCUT2D eigenvalue weighted by Crippen LogP contribution is 2.41. The number of amides is 1. The van der Waals surface area contributed by atoms with Crippen LogP contribution in [0.3, 0.4) is 0 Å². The lowest BCUT2D eigenvalue weighted by atomic mass is 10.1. The maximum absolute atomic E-state index is 13.9. The fraction of sp³-hybridized carbons (Fsp3) is 0.565. The highest BCUT2D eigenvalue weighted by molar-refractivity contribution is 5.99. The maximum atomic E-state index is 13.9. The smallest absolute Gasteiger partial charge is 0.277 e. The lowest BCUT2D eigenvalue weighted by Crippen LogP contribution is -2.44. The Bertz CT molecular complexity index is 1130. The van der Waals surface area contributed by atoms with Gasteiger partial charge in [0.05, 0.1) is 13.1 Å². The summed E-state index contributed by atoms with van der Waals surface area (Å²) in [7, 11) is 1.92. The number of epoxide rings is 1. The molecule has 2 unspecified atom stereocenters. The van der Waals surface area contributed by atoms with Gasteiger partial charge in [-0.2, -0.15) is 4.98 Å². The zero-order valence-corrected chi connectivity index (χ0v) is 19.6. The summed E-state index contributed by atoms with van der Waals surface area (Å²) < 4.78 is 7.83. The monoisotopic (exact) mass is 450 g/mol. The first kappa shape index (κ1) is 21.7. The van der Waals surface area contributed by atoms with Gasteiger partial charge < -0.3 is 20.3 Å². The second-order valence-corrected chi connectivity index (χ2v) is 8.97. The topological polar surface area (TPSA) is 109 Å². The van der Waals surface area contributed by atoms with Crippen molar-refractivity contribution in [3.05, 3.63) is 29.0 Å². The molecule has 5 rings (SSSR count). The van der Waals surface area contributed by atoms with E-state index in [2.05, 4.69) is 26.7 Å². The first-order valence-corrected chi connectivity index (χ1v) is 11.4. The molecule has 2 aromatic rings. The fourth-order valence-corrected chi connectivity index (χ4v) is 4.79. The number of piperidine rings is 1. The minimum Gasteiger partial charge on any atom is -0.341 e. The van der Waals surface area contributed by atoms with Crippen LogP contribution in [0.5, 0.6) is 0 Å². The van der Waals surface area contributed by atoms with Gasteiger partial charge in [0.1, 0.15) is 5.82 Å². The van der Waals surface area contributed by atoms with Crippen LogP contribution in [0.15, 0.2) is 6.07 Å². The van der Waals surface area contributed by atoms with E-state index in [-0.39, 0.29) is 30.9 Å². The lowest BCUT2D eigenvalue weighted by molar-refractivity contribution is 0.0636. The Labute approximate surface area is 193 Å². The molecule has 0 bridgehead atoms. The third-order valence-corrected chi connectivity index (χ3v) is 6.36. The third kappa shape index (κ3) is 3.92. The standard InChI is InChI=1S/C23H30N8O2/c1-5-6-10-30-18-19(27-23(30)29-9-7-8-16(24)12-29)28(4)21-22(33-21)31(20(18)32)13-17-25-14(2)11-15(3)26-17/h11,16,21-22H,7-10,12-13,24H2,1-4H3/t16-,21?,22?/m1/s1. The van der Waals surface area contributed by atoms with Crippen LogP contribution < -0.4 is 15.5 Å². The summed E-state index contributed by atoms with van der Waals surface area (Å²) in [5.74, 6) is 7.87. The van der Waals surface area contributed by atoms with Crippen molar-refractivity contribution >= 4 is 17.7 Å². The largest absolute Gasteiger partial charge is 0.341 e. The Morgan fingerprint density at radius 3 is 2.67 bits per heavy atom. The summed E-state index contributed by atoms with van der Waals surface area (Å²) in [6.45, 7) is 7.86. The minimum absolute atomic E-state index is 0.0868. The molecule has 0 aromatic carbocycles. The minimum atomic E-state index is -0.362. The molecule has 5 heterocycles. The lowest BCUT2D eigenvalue weighted by Gasteiger charge is -2.32. The Hall–Kier alpha value is -3.16. The second-order valence-electron chi connectivity index (χ2n) is 8.97. The molecule has 33 heavy (non-hydrogen) atoms. The maximum Gasteiger partial charge on any atom is 0.277 e. The van der Waals surface area contributed by atoms with Crippen molar-refractivity contribution in [2.75, 3.05) is 29.9 Å². The van der Waals surface area contributed by atoms with Gasteiger partial charge in [-0.3, -0.25) is 14.3 Å². The Kier molecular flexibility index (Phi) is 5.46. The molecule has 174 valence electrons. The Morgan fingerprint density at radius 1 is 1.21 bits per heavy atom. The summed E-state index contributed by atoms with van der Waals surface area (Å²) in [5.41, 5.74) is 8.52. The SMILES string of the molecule is CC#CCn1c(N2CCC[C@@H](N)C2)nc2c1C(=O)N(Cc1nc(C)cc(C)n1)C1OC1N2C. The van der Waals surface area contributed by atoms with Crippen LogP contribution >= 0.6 is 0 Å². The summed E-state index contributed by atoms with van der Waals surface area (Å²) in [6, 6.07) is 2.01. The van der Waals surface area contributed by atoms with Gasteiger partial charge in [0.15, 0.2) is 24.0 Å². The first-order valence-electron chi connectivity index (χ1n) is 11.4. The van der Waals surface area contributed by atoms with E-state index in [9.17, 15) is 4.79 Å². The first-order chi connectivity index (χ1) is 15.9. The number of nitrogens with two attached hydrogens (primary N) is 1. The van der Waals surface area contributed by atoms with Crippen molar-refractivity contribution in [3.8, 4) is 11.8 Å². The number of hydrogen-bond acceptors (Lipinski definition) is 8.